The molecule has 1 heterocycles. The van der Waals surface area contributed by atoms with E-state index >= 15 is 0 Å². The van der Waals surface area contributed by atoms with Gasteiger partial charge in [-0.05, 0) is 24.1 Å². The fourth-order valence-corrected chi connectivity index (χ4v) is 1.95. The van der Waals surface area contributed by atoms with Crippen LogP contribution in [-0.4, -0.2) is 30.1 Å². The van der Waals surface area contributed by atoms with Crippen LogP contribution in [0.1, 0.15) is 34.8 Å². The summed E-state index contributed by atoms with van der Waals surface area (Å²) in [4.78, 5) is 22.3. The maximum atomic E-state index is 11.8. The van der Waals surface area contributed by atoms with E-state index in [-0.39, 0.29) is 12.3 Å². The van der Waals surface area contributed by atoms with Gasteiger partial charge in [0.2, 0.25) is 0 Å². The van der Waals surface area contributed by atoms with E-state index in [0.717, 1.165) is 5.56 Å². The lowest BCUT2D eigenvalue weighted by Gasteiger charge is -2.13. The molecule has 0 saturated carbocycles. The van der Waals surface area contributed by atoms with Gasteiger partial charge in [-0.15, -0.1) is 0 Å². The summed E-state index contributed by atoms with van der Waals surface area (Å²) >= 11 is 0. The molecule has 0 aliphatic carbocycles. The van der Waals surface area contributed by atoms with Crippen molar-refractivity contribution in [2.45, 2.75) is 18.9 Å². The Hall–Kier alpha value is -2.08. The molecule has 2 rings (SSSR count). The van der Waals surface area contributed by atoms with E-state index in [9.17, 15) is 9.59 Å². The third-order valence-corrected chi connectivity index (χ3v) is 2.99. The summed E-state index contributed by atoms with van der Waals surface area (Å²) in [5.41, 5.74) is 7.11. The van der Waals surface area contributed by atoms with Gasteiger partial charge in [0, 0.05) is 12.5 Å². The molecule has 19 heavy (non-hydrogen) atoms. The first-order chi connectivity index (χ1) is 9.08. The quantitative estimate of drug-likeness (QED) is 0.742. The standard InChI is InChI=1S/C13H16N2O4/c14-10(2-4-12(16)17)8-1-3-11-9(7-8)13(18)15-5-6-19-11/h1,3,7,10H,2,4-6,14H2,(H,15,18)(H,16,17). The molecule has 1 atom stereocenters. The molecule has 0 fully saturated rings. The number of benzene rings is 1. The van der Waals surface area contributed by atoms with E-state index in [4.69, 9.17) is 15.6 Å². The predicted octanol–water partition coefficient (Wildman–Crippen LogP) is 0.673. The Bertz CT molecular complexity index is 501. The number of ether oxygens (including phenoxy) is 1. The van der Waals surface area contributed by atoms with Gasteiger partial charge < -0.3 is 20.9 Å². The molecule has 0 spiro atoms. The number of rotatable bonds is 4. The van der Waals surface area contributed by atoms with Crippen molar-refractivity contribution < 1.29 is 19.4 Å². The summed E-state index contributed by atoms with van der Waals surface area (Å²) in [5, 5.41) is 11.4. The largest absolute Gasteiger partial charge is 0.491 e. The molecule has 102 valence electrons. The summed E-state index contributed by atoms with van der Waals surface area (Å²) in [6.07, 6.45) is 0.331. The fourth-order valence-electron chi connectivity index (χ4n) is 1.95. The smallest absolute Gasteiger partial charge is 0.303 e. The van der Waals surface area contributed by atoms with Crippen molar-refractivity contribution in [2.24, 2.45) is 5.73 Å². The van der Waals surface area contributed by atoms with Gasteiger partial charge in [-0.25, -0.2) is 0 Å². The average molecular weight is 264 g/mol. The molecule has 0 saturated heterocycles. The van der Waals surface area contributed by atoms with Crippen molar-refractivity contribution >= 4 is 11.9 Å². The van der Waals surface area contributed by atoms with Crippen LogP contribution in [0, 0.1) is 0 Å². The lowest BCUT2D eigenvalue weighted by molar-refractivity contribution is -0.137. The molecule has 0 radical (unpaired) electrons. The van der Waals surface area contributed by atoms with Gasteiger partial charge in [0.05, 0.1) is 12.1 Å². The molecular formula is C13H16N2O4. The fraction of sp³-hybridized carbons (Fsp3) is 0.385. The molecule has 1 aromatic carbocycles. The highest BCUT2D eigenvalue weighted by molar-refractivity contribution is 5.97. The number of carboxylic acids is 1. The van der Waals surface area contributed by atoms with E-state index in [1.807, 2.05) is 0 Å². The zero-order valence-corrected chi connectivity index (χ0v) is 10.4. The highest BCUT2D eigenvalue weighted by atomic mass is 16.5. The minimum absolute atomic E-state index is 0.000940. The minimum Gasteiger partial charge on any atom is -0.491 e. The summed E-state index contributed by atoms with van der Waals surface area (Å²) in [6, 6.07) is 4.74. The van der Waals surface area contributed by atoms with Crippen molar-refractivity contribution in [2.75, 3.05) is 13.2 Å². The monoisotopic (exact) mass is 264 g/mol. The zero-order valence-electron chi connectivity index (χ0n) is 10.4. The van der Waals surface area contributed by atoms with Crippen LogP contribution in [0.4, 0.5) is 0 Å². The van der Waals surface area contributed by atoms with Crippen LogP contribution < -0.4 is 15.8 Å². The number of fused-ring (bicyclic) bond motifs is 1. The summed E-state index contributed by atoms with van der Waals surface area (Å²) < 4.78 is 5.43. The normalized spacial score (nSPS) is 15.7. The van der Waals surface area contributed by atoms with Gasteiger partial charge in [0.15, 0.2) is 0 Å². The predicted molar refractivity (Wildman–Crippen MR) is 68.1 cm³/mol. The van der Waals surface area contributed by atoms with Crippen molar-refractivity contribution in [3.05, 3.63) is 29.3 Å². The molecule has 1 aliphatic heterocycles. The Labute approximate surface area is 110 Å². The molecule has 1 aliphatic rings. The van der Waals surface area contributed by atoms with Crippen LogP contribution in [-0.2, 0) is 4.79 Å². The highest BCUT2D eigenvalue weighted by Crippen LogP contribution is 2.25. The van der Waals surface area contributed by atoms with Crippen LogP contribution in [0.5, 0.6) is 5.75 Å². The SMILES string of the molecule is NC(CCC(=O)O)c1ccc2c(c1)C(=O)NCCO2. The van der Waals surface area contributed by atoms with Gasteiger partial charge in [0.1, 0.15) is 12.4 Å². The number of amides is 1. The summed E-state index contributed by atoms with van der Waals surface area (Å²) in [7, 11) is 0. The first-order valence-electron chi connectivity index (χ1n) is 6.10. The lowest BCUT2D eigenvalue weighted by Crippen LogP contribution is -2.24. The van der Waals surface area contributed by atoms with Crippen molar-refractivity contribution in [3.8, 4) is 5.75 Å². The van der Waals surface area contributed by atoms with Crippen LogP contribution in [0.3, 0.4) is 0 Å². The topological polar surface area (TPSA) is 102 Å². The maximum absolute atomic E-state index is 11.8. The van der Waals surface area contributed by atoms with E-state index < -0.39 is 12.0 Å². The van der Waals surface area contributed by atoms with E-state index in [1.54, 1.807) is 18.2 Å². The van der Waals surface area contributed by atoms with Gasteiger partial charge in [-0.3, -0.25) is 9.59 Å². The number of aliphatic carboxylic acids is 1. The molecule has 1 aromatic rings. The number of carbonyl (C=O) groups is 2. The van der Waals surface area contributed by atoms with Gasteiger partial charge in [-0.1, -0.05) is 6.07 Å². The number of nitrogens with two attached hydrogens (primary N) is 1. The minimum atomic E-state index is -0.883. The van der Waals surface area contributed by atoms with Crippen LogP contribution in [0.25, 0.3) is 0 Å². The second-order valence-electron chi connectivity index (χ2n) is 4.40. The van der Waals surface area contributed by atoms with Gasteiger partial charge in [0.25, 0.3) is 5.91 Å². The average Bonchev–Trinajstić information content (AvgIpc) is 2.58. The lowest BCUT2D eigenvalue weighted by atomic mass is 10.00. The molecule has 6 heteroatoms. The molecule has 0 bridgehead atoms. The second-order valence-corrected chi connectivity index (χ2v) is 4.40. The Balaban J connectivity index is 2.19. The Kier molecular flexibility index (Phi) is 4.01. The van der Waals surface area contributed by atoms with Gasteiger partial charge in [-0.2, -0.15) is 0 Å². The van der Waals surface area contributed by atoms with Crippen molar-refractivity contribution in [1.29, 1.82) is 0 Å². The van der Waals surface area contributed by atoms with E-state index in [0.29, 0.717) is 30.9 Å². The zero-order chi connectivity index (χ0) is 13.8. The number of carboxylic acid groups (broad SMARTS) is 1. The Morgan fingerprint density at radius 1 is 1.53 bits per heavy atom. The molecule has 1 unspecified atom stereocenters. The van der Waals surface area contributed by atoms with Crippen LogP contribution >= 0.6 is 0 Å². The molecule has 6 nitrogen and oxygen atoms in total. The Morgan fingerprint density at radius 3 is 3.05 bits per heavy atom. The first kappa shape index (κ1) is 13.4. The number of hydrogen-bond acceptors (Lipinski definition) is 4. The first-order valence-corrected chi connectivity index (χ1v) is 6.10. The van der Waals surface area contributed by atoms with Gasteiger partial charge >= 0.3 is 5.97 Å². The van der Waals surface area contributed by atoms with Crippen LogP contribution in [0.15, 0.2) is 18.2 Å². The molecule has 1 amide bonds. The second kappa shape index (κ2) is 5.71. The Morgan fingerprint density at radius 2 is 2.32 bits per heavy atom. The summed E-state index contributed by atoms with van der Waals surface area (Å²) in [6.45, 7) is 0.900. The van der Waals surface area contributed by atoms with Crippen molar-refractivity contribution in [3.63, 3.8) is 0 Å². The van der Waals surface area contributed by atoms with Crippen LogP contribution in [0.2, 0.25) is 0 Å². The number of carbonyl (C=O) groups excluding carboxylic acids is 1. The van der Waals surface area contributed by atoms with Crippen molar-refractivity contribution in [1.82, 2.24) is 5.32 Å². The molecular weight excluding hydrogens is 248 g/mol. The molecule has 0 aromatic heterocycles. The van der Waals surface area contributed by atoms with E-state index in [1.165, 1.54) is 0 Å². The number of hydrogen-bond donors (Lipinski definition) is 3. The van der Waals surface area contributed by atoms with E-state index in [2.05, 4.69) is 5.32 Å². The highest BCUT2D eigenvalue weighted by Gasteiger charge is 2.18. The summed E-state index contributed by atoms with van der Waals surface area (Å²) in [5.74, 6) is -0.546. The number of nitrogens with one attached hydrogen (secondary N) is 1. The third-order valence-electron chi connectivity index (χ3n) is 2.99. The maximum Gasteiger partial charge on any atom is 0.303 e. The molecule has 4 N–H and O–H groups in total. The third kappa shape index (κ3) is 3.23.